The van der Waals surface area contributed by atoms with Crippen LogP contribution in [0.3, 0.4) is 0 Å². The van der Waals surface area contributed by atoms with Crippen LogP contribution in [0.2, 0.25) is 0 Å². The molecule has 3 rings (SSSR count). The van der Waals surface area contributed by atoms with E-state index in [9.17, 15) is 23.0 Å². The number of hydrogen-bond acceptors (Lipinski definition) is 5. The minimum atomic E-state index is -3.98. The van der Waals surface area contributed by atoms with Crippen LogP contribution in [0.5, 0.6) is 5.75 Å². The largest absolute Gasteiger partial charge is 0.486 e. The first-order valence-electron chi connectivity index (χ1n) is 8.93. The highest BCUT2D eigenvalue weighted by Gasteiger charge is 2.50. The predicted molar refractivity (Wildman–Crippen MR) is 107 cm³/mol. The second-order valence-electron chi connectivity index (χ2n) is 6.79. The van der Waals surface area contributed by atoms with Crippen molar-refractivity contribution in [3.8, 4) is 17.6 Å². The number of rotatable bonds is 5. The highest BCUT2D eigenvalue weighted by Crippen LogP contribution is 2.32. The van der Waals surface area contributed by atoms with Gasteiger partial charge in [0.25, 0.3) is 0 Å². The fourth-order valence-electron chi connectivity index (χ4n) is 3.13. The zero-order chi connectivity index (χ0) is 21.9. The number of β-amino-alcohol motifs (C(OH)–C–C–N with tert-alkyl or cyclic N) is 1. The molecule has 0 aromatic heterocycles. The molecule has 0 radical (unpaired) electrons. The summed E-state index contributed by atoms with van der Waals surface area (Å²) in [5.74, 6) is 4.76. The highest BCUT2D eigenvalue weighted by molar-refractivity contribution is 7.89. The molecule has 0 bridgehead atoms. The van der Waals surface area contributed by atoms with Crippen molar-refractivity contribution in [1.82, 2.24) is 4.31 Å². The Balaban J connectivity index is 1.85. The summed E-state index contributed by atoms with van der Waals surface area (Å²) in [6.07, 6.45) is -1.14. The Morgan fingerprint density at radius 1 is 1.33 bits per heavy atom. The summed E-state index contributed by atoms with van der Waals surface area (Å²) < 4.78 is 46.4. The molecular weight excluding hydrogens is 411 g/mol. The van der Waals surface area contributed by atoms with Crippen molar-refractivity contribution in [3.63, 3.8) is 0 Å². The molecule has 1 saturated heterocycles. The first-order chi connectivity index (χ1) is 14.2. The van der Waals surface area contributed by atoms with Gasteiger partial charge in [-0.3, -0.25) is 0 Å². The van der Waals surface area contributed by atoms with Crippen molar-refractivity contribution < 1.29 is 27.8 Å². The van der Waals surface area contributed by atoms with Crippen LogP contribution in [-0.2, 0) is 10.0 Å². The Hall–Kier alpha value is -2.95. The molecular formula is C21H19FN2O5S. The molecule has 1 heterocycles. The molecule has 1 fully saturated rings. The third-order valence-electron chi connectivity index (χ3n) is 4.77. The minimum absolute atomic E-state index is 0.0116. The quantitative estimate of drug-likeness (QED) is 0.559. The number of aliphatic hydroxyl groups is 2. The summed E-state index contributed by atoms with van der Waals surface area (Å²) in [5, 5.41) is 20.4. The second-order valence-corrected chi connectivity index (χ2v) is 8.73. The van der Waals surface area contributed by atoms with Gasteiger partial charge in [-0.15, -0.1) is 5.92 Å². The Kier molecular flexibility index (Phi) is 6.11. The summed E-state index contributed by atoms with van der Waals surface area (Å²) in [6, 6.07) is 9.54. The average molecular weight is 430 g/mol. The van der Waals surface area contributed by atoms with E-state index in [-0.39, 0.29) is 22.9 Å². The topological polar surface area (TPSA) is 91.4 Å². The van der Waals surface area contributed by atoms with E-state index in [4.69, 9.17) is 11.3 Å². The van der Waals surface area contributed by atoms with Crippen molar-refractivity contribution in [2.24, 2.45) is 0 Å². The van der Waals surface area contributed by atoms with E-state index in [1.807, 2.05) is 0 Å². The number of halogens is 1. The number of ether oxygens (including phenoxy) is 1. The zero-order valence-corrected chi connectivity index (χ0v) is 16.9. The van der Waals surface area contributed by atoms with Gasteiger partial charge in [-0.25, -0.2) is 17.7 Å². The lowest BCUT2D eigenvalue weighted by molar-refractivity contribution is -0.0641. The molecule has 2 aromatic carbocycles. The van der Waals surface area contributed by atoms with Crippen molar-refractivity contribution in [2.75, 3.05) is 19.7 Å². The lowest BCUT2D eigenvalue weighted by atomic mass is 10.0. The Morgan fingerprint density at radius 2 is 2.03 bits per heavy atom. The van der Waals surface area contributed by atoms with Gasteiger partial charge >= 0.3 is 0 Å². The van der Waals surface area contributed by atoms with Crippen LogP contribution in [0.25, 0.3) is 4.85 Å². The van der Waals surface area contributed by atoms with Crippen LogP contribution in [0, 0.1) is 24.2 Å². The van der Waals surface area contributed by atoms with Gasteiger partial charge in [0.05, 0.1) is 24.6 Å². The Labute approximate surface area is 174 Å². The van der Waals surface area contributed by atoms with Crippen LogP contribution >= 0.6 is 0 Å². The molecule has 30 heavy (non-hydrogen) atoms. The maximum Gasteiger partial charge on any atom is 0.243 e. The molecule has 0 saturated carbocycles. The summed E-state index contributed by atoms with van der Waals surface area (Å²) in [6.45, 7) is 7.15. The lowest BCUT2D eigenvalue weighted by Gasteiger charge is -2.27. The summed E-state index contributed by atoms with van der Waals surface area (Å²) in [7, 11) is -3.98. The van der Waals surface area contributed by atoms with Crippen LogP contribution in [-0.4, -0.2) is 54.3 Å². The molecule has 0 unspecified atom stereocenters. The van der Waals surface area contributed by atoms with Gasteiger partial charge in [0.1, 0.15) is 23.3 Å². The third-order valence-corrected chi connectivity index (χ3v) is 6.60. The monoisotopic (exact) mass is 430 g/mol. The van der Waals surface area contributed by atoms with Gasteiger partial charge in [0.15, 0.2) is 0 Å². The summed E-state index contributed by atoms with van der Waals surface area (Å²) in [4.78, 5) is 3.03. The first kappa shape index (κ1) is 21.8. The Morgan fingerprint density at radius 3 is 2.60 bits per heavy atom. The van der Waals surface area contributed by atoms with Crippen LogP contribution < -0.4 is 4.74 Å². The fourth-order valence-corrected chi connectivity index (χ4v) is 4.63. The zero-order valence-electron chi connectivity index (χ0n) is 16.0. The first-order valence-corrected chi connectivity index (χ1v) is 10.4. The number of aliphatic hydroxyl groups excluding tert-OH is 1. The van der Waals surface area contributed by atoms with Gasteiger partial charge < -0.3 is 14.9 Å². The summed E-state index contributed by atoms with van der Waals surface area (Å²) >= 11 is 0. The molecule has 0 aliphatic carbocycles. The molecule has 2 aromatic rings. The molecule has 156 valence electrons. The maximum atomic E-state index is 13.9. The van der Waals surface area contributed by atoms with Crippen molar-refractivity contribution in [2.45, 2.75) is 23.5 Å². The SMILES string of the molecule is [C-]#[N+]c1ccc(O[C@H]2CN(S(=O)(=O)c3ccc(C#CC)cc3)C[C@@]2(O)CO)cc1F. The predicted octanol–water partition coefficient (Wildman–Crippen LogP) is 1.92. The van der Waals surface area contributed by atoms with Gasteiger partial charge in [-0.2, -0.15) is 4.31 Å². The maximum absolute atomic E-state index is 13.9. The normalized spacial score (nSPS) is 21.5. The van der Waals surface area contributed by atoms with E-state index in [0.717, 1.165) is 10.4 Å². The van der Waals surface area contributed by atoms with Gasteiger partial charge in [-0.05, 0) is 43.3 Å². The van der Waals surface area contributed by atoms with Gasteiger partial charge in [-0.1, -0.05) is 5.92 Å². The molecule has 1 aliphatic rings. The molecule has 2 N–H and O–H groups in total. The number of nitrogens with zero attached hydrogens (tertiary/aromatic N) is 2. The smallest absolute Gasteiger partial charge is 0.243 e. The van der Waals surface area contributed by atoms with Crippen molar-refractivity contribution in [3.05, 3.63) is 65.3 Å². The highest BCUT2D eigenvalue weighted by atomic mass is 32.2. The van der Waals surface area contributed by atoms with Gasteiger partial charge in [0, 0.05) is 18.2 Å². The van der Waals surface area contributed by atoms with E-state index in [1.54, 1.807) is 19.1 Å². The van der Waals surface area contributed by atoms with Crippen LogP contribution in [0.15, 0.2) is 47.4 Å². The second kappa shape index (κ2) is 8.42. The number of benzene rings is 2. The minimum Gasteiger partial charge on any atom is -0.486 e. The standard InChI is InChI=1S/C21H19FN2O5S/c1-3-4-15-5-8-17(9-6-15)30(27,28)24-12-20(21(26,13-24)14-25)29-16-7-10-19(23-2)18(22)11-16/h5-11,20,25-26H,12-14H2,1H3/t20-,21+/m0/s1. The molecule has 1 aliphatic heterocycles. The average Bonchev–Trinajstić information content (AvgIpc) is 3.06. The van der Waals surface area contributed by atoms with E-state index < -0.39 is 40.7 Å². The van der Waals surface area contributed by atoms with Crippen molar-refractivity contribution >= 4 is 15.7 Å². The van der Waals surface area contributed by atoms with E-state index in [0.29, 0.717) is 5.56 Å². The third kappa shape index (κ3) is 4.16. The van der Waals surface area contributed by atoms with Gasteiger partial charge in [0.2, 0.25) is 15.7 Å². The number of hydrogen-bond donors (Lipinski definition) is 2. The van der Waals surface area contributed by atoms with E-state index in [1.165, 1.54) is 24.3 Å². The Bertz CT molecular complexity index is 1150. The molecule has 0 amide bonds. The van der Waals surface area contributed by atoms with Crippen LogP contribution in [0.4, 0.5) is 10.1 Å². The summed E-state index contributed by atoms with van der Waals surface area (Å²) in [5.41, 5.74) is -1.40. The van der Waals surface area contributed by atoms with E-state index in [2.05, 4.69) is 16.7 Å². The van der Waals surface area contributed by atoms with Crippen molar-refractivity contribution in [1.29, 1.82) is 0 Å². The molecule has 0 spiro atoms. The molecule has 7 nitrogen and oxygen atoms in total. The van der Waals surface area contributed by atoms with Crippen LogP contribution in [0.1, 0.15) is 12.5 Å². The molecule has 9 heteroatoms. The molecule has 2 atom stereocenters. The fraction of sp³-hybridized carbons (Fsp3) is 0.286. The lowest BCUT2D eigenvalue weighted by Crippen LogP contribution is -2.48. The van der Waals surface area contributed by atoms with E-state index >= 15 is 0 Å². The number of sulfonamides is 1.